The smallest absolute Gasteiger partial charge is 0.339 e. The summed E-state index contributed by atoms with van der Waals surface area (Å²) in [5, 5.41) is 3.08. The van der Waals surface area contributed by atoms with Gasteiger partial charge in [-0.3, -0.25) is 4.79 Å². The van der Waals surface area contributed by atoms with Gasteiger partial charge in [0.05, 0.1) is 17.5 Å². The fourth-order valence-corrected chi connectivity index (χ4v) is 5.65. The number of benzene rings is 4. The minimum Gasteiger partial charge on any atom is -0.456 e. The predicted molar refractivity (Wildman–Crippen MR) is 188 cm³/mol. The number of amides is 1. The van der Waals surface area contributed by atoms with E-state index >= 15 is 0 Å². The topological polar surface area (TPSA) is 58.4 Å². The van der Waals surface area contributed by atoms with Gasteiger partial charge in [-0.05, 0) is 79.1 Å². The fraction of sp³-hybridized carbons (Fsp3) is 0.293. The van der Waals surface area contributed by atoms with Crippen molar-refractivity contribution in [3.63, 3.8) is 0 Å². The third-order valence-electron chi connectivity index (χ3n) is 8.42. The van der Waals surface area contributed by atoms with E-state index in [1.54, 1.807) is 0 Å². The Morgan fingerprint density at radius 1 is 0.783 bits per heavy atom. The molecule has 1 amide bonds. The summed E-state index contributed by atoms with van der Waals surface area (Å²) in [7, 11) is 0. The Morgan fingerprint density at radius 3 is 2.09 bits per heavy atom. The molecule has 5 heteroatoms. The maximum Gasteiger partial charge on any atom is 0.339 e. The number of hydrogen-bond donors (Lipinski definition) is 1. The molecule has 0 saturated heterocycles. The van der Waals surface area contributed by atoms with Crippen molar-refractivity contribution in [2.24, 2.45) is 0 Å². The standard InChI is InChI=1S/C41H44N2O3/c1-27-28(2)43(24-23-29-13-17-31(18-14-29)34-11-9-10-12-35(34)39(45)46-41(6,7)8)37-22-19-32(25-36(27)37)38(44)42-26-30-15-20-33(21-16-30)40(3,4)5/h9-22,24-25H,23,26H2,1-8H3/p+1. The van der Waals surface area contributed by atoms with Crippen molar-refractivity contribution in [2.45, 2.75) is 79.4 Å². The average Bonchev–Trinajstić information content (AvgIpc) is 3.26. The predicted octanol–water partition coefficient (Wildman–Crippen LogP) is 9.26. The number of nitrogens with one attached hydrogen (secondary N) is 1. The highest BCUT2D eigenvalue weighted by Gasteiger charge is 2.30. The first-order valence-electron chi connectivity index (χ1n) is 15.9. The number of ether oxygens (including phenoxy) is 1. The Labute approximate surface area is 273 Å². The molecule has 0 radical (unpaired) electrons. The number of esters is 1. The molecule has 46 heavy (non-hydrogen) atoms. The van der Waals surface area contributed by atoms with Crippen LogP contribution in [0, 0.1) is 0 Å². The van der Waals surface area contributed by atoms with E-state index in [0.717, 1.165) is 51.2 Å². The minimum atomic E-state index is -0.559. The summed E-state index contributed by atoms with van der Waals surface area (Å²) in [6.07, 6.45) is 2.92. The third-order valence-corrected chi connectivity index (χ3v) is 8.42. The van der Waals surface area contributed by atoms with Crippen LogP contribution in [0.3, 0.4) is 0 Å². The second-order valence-corrected chi connectivity index (χ2v) is 14.1. The molecule has 5 rings (SSSR count). The zero-order valence-corrected chi connectivity index (χ0v) is 28.3. The van der Waals surface area contributed by atoms with Crippen LogP contribution in [0.1, 0.15) is 98.4 Å². The molecule has 4 aromatic rings. The summed E-state index contributed by atoms with van der Waals surface area (Å²) in [5.74, 6) is -0.402. The number of fused-ring (bicyclic) bond motifs is 1. The molecule has 1 aliphatic heterocycles. The molecule has 0 atom stereocenters. The SMILES string of the molecule is CC1=C(C)[N+](=CCc2ccc(-c3ccccc3C(=O)OC(C)(C)C)cc2)c2ccc(C(=O)NCc3ccc(C(C)(C)C)cc3)cc21. The quantitative estimate of drug-likeness (QED) is 0.167. The Bertz CT molecular complexity index is 1830. The number of carbonyl (C=O) groups excluding carboxylic acids is 2. The summed E-state index contributed by atoms with van der Waals surface area (Å²) in [6.45, 7) is 16.9. The molecular formula is C41H45N2O3+. The normalized spacial score (nSPS) is 14.0. The maximum atomic E-state index is 13.1. The molecule has 4 aromatic carbocycles. The van der Waals surface area contributed by atoms with E-state index in [0.29, 0.717) is 17.7 Å². The average molecular weight is 614 g/mol. The lowest BCUT2D eigenvalue weighted by molar-refractivity contribution is -0.373. The number of allylic oxidation sites excluding steroid dienone is 2. The van der Waals surface area contributed by atoms with Crippen LogP contribution in [-0.2, 0) is 23.1 Å². The summed E-state index contributed by atoms with van der Waals surface area (Å²) in [4.78, 5) is 26.0. The zero-order chi connectivity index (χ0) is 33.2. The molecule has 0 aromatic heterocycles. The molecule has 0 aliphatic carbocycles. The molecule has 0 spiro atoms. The Balaban J connectivity index is 1.28. The lowest BCUT2D eigenvalue weighted by Gasteiger charge is -2.20. The van der Waals surface area contributed by atoms with Crippen molar-refractivity contribution in [2.75, 3.05) is 0 Å². The second-order valence-electron chi connectivity index (χ2n) is 14.1. The van der Waals surface area contributed by atoms with Crippen molar-refractivity contribution in [3.8, 4) is 11.1 Å². The van der Waals surface area contributed by atoms with Gasteiger partial charge >= 0.3 is 5.97 Å². The van der Waals surface area contributed by atoms with Crippen molar-refractivity contribution in [1.29, 1.82) is 0 Å². The van der Waals surface area contributed by atoms with Crippen LogP contribution in [0.25, 0.3) is 16.7 Å². The third kappa shape index (κ3) is 7.37. The molecule has 0 unspecified atom stereocenters. The lowest BCUT2D eigenvalue weighted by atomic mass is 9.87. The molecule has 5 nitrogen and oxygen atoms in total. The minimum absolute atomic E-state index is 0.0797. The first kappa shape index (κ1) is 32.6. The van der Waals surface area contributed by atoms with Crippen LogP contribution in [-0.4, -0.2) is 28.3 Å². The van der Waals surface area contributed by atoms with Gasteiger partial charge in [-0.25, -0.2) is 4.79 Å². The summed E-state index contributed by atoms with van der Waals surface area (Å²) >= 11 is 0. The molecule has 236 valence electrons. The van der Waals surface area contributed by atoms with Crippen molar-refractivity contribution >= 4 is 29.4 Å². The van der Waals surface area contributed by atoms with E-state index < -0.39 is 5.60 Å². The summed E-state index contributed by atoms with van der Waals surface area (Å²) in [5.41, 5.74) is 10.5. The van der Waals surface area contributed by atoms with Crippen LogP contribution < -0.4 is 5.32 Å². The van der Waals surface area contributed by atoms with Crippen molar-refractivity contribution < 1.29 is 18.9 Å². The van der Waals surface area contributed by atoms with E-state index in [-0.39, 0.29) is 17.3 Å². The number of rotatable bonds is 7. The number of nitrogens with zero attached hydrogens (tertiary/aromatic N) is 1. The van der Waals surface area contributed by atoms with Crippen LogP contribution in [0.5, 0.6) is 0 Å². The Morgan fingerprint density at radius 2 is 1.43 bits per heavy atom. The highest BCUT2D eigenvalue weighted by atomic mass is 16.6. The molecule has 0 bridgehead atoms. The van der Waals surface area contributed by atoms with Gasteiger partial charge in [-0.15, -0.1) is 0 Å². The van der Waals surface area contributed by atoms with Gasteiger partial charge in [0.2, 0.25) is 5.69 Å². The summed E-state index contributed by atoms with van der Waals surface area (Å²) < 4.78 is 7.86. The van der Waals surface area contributed by atoms with Crippen LogP contribution in [0.4, 0.5) is 5.69 Å². The second kappa shape index (κ2) is 12.9. The highest BCUT2D eigenvalue weighted by Crippen LogP contribution is 2.38. The van der Waals surface area contributed by atoms with E-state index in [2.05, 4.69) is 99.3 Å². The molecular weight excluding hydrogens is 568 g/mol. The Kier molecular flexibility index (Phi) is 9.16. The molecule has 0 fully saturated rings. The molecule has 0 saturated carbocycles. The number of carbonyl (C=O) groups is 2. The van der Waals surface area contributed by atoms with Gasteiger partial charge in [0.1, 0.15) is 5.60 Å². The first-order chi connectivity index (χ1) is 21.7. The molecule has 1 aliphatic rings. The zero-order valence-electron chi connectivity index (χ0n) is 28.3. The van der Waals surface area contributed by atoms with Crippen LogP contribution in [0.15, 0.2) is 96.7 Å². The first-order valence-corrected chi connectivity index (χ1v) is 15.9. The van der Waals surface area contributed by atoms with Gasteiger partial charge in [-0.1, -0.05) is 87.5 Å². The van der Waals surface area contributed by atoms with Crippen LogP contribution in [0.2, 0.25) is 0 Å². The molecule has 1 heterocycles. The monoisotopic (exact) mass is 613 g/mol. The van der Waals surface area contributed by atoms with Gasteiger partial charge in [0.25, 0.3) is 5.91 Å². The Hall–Kier alpha value is -4.77. The van der Waals surface area contributed by atoms with Gasteiger partial charge in [0, 0.05) is 30.7 Å². The highest BCUT2D eigenvalue weighted by molar-refractivity contribution is 5.98. The van der Waals surface area contributed by atoms with Gasteiger partial charge < -0.3 is 10.1 Å². The van der Waals surface area contributed by atoms with Crippen molar-refractivity contribution in [1.82, 2.24) is 5.32 Å². The van der Waals surface area contributed by atoms with E-state index in [4.69, 9.17) is 4.74 Å². The van der Waals surface area contributed by atoms with Gasteiger partial charge in [0.15, 0.2) is 11.9 Å². The summed E-state index contributed by atoms with van der Waals surface area (Å²) in [6, 6.07) is 30.3. The lowest BCUT2D eigenvalue weighted by Crippen LogP contribution is -2.24. The number of hydrogen-bond acceptors (Lipinski definition) is 3. The maximum absolute atomic E-state index is 13.1. The van der Waals surface area contributed by atoms with E-state index in [1.807, 2.05) is 63.2 Å². The van der Waals surface area contributed by atoms with E-state index in [1.165, 1.54) is 5.56 Å². The fourth-order valence-electron chi connectivity index (χ4n) is 5.65. The molecule has 1 N–H and O–H groups in total. The van der Waals surface area contributed by atoms with Gasteiger partial charge in [-0.2, -0.15) is 4.58 Å². The van der Waals surface area contributed by atoms with E-state index in [9.17, 15) is 9.59 Å². The largest absolute Gasteiger partial charge is 0.456 e. The van der Waals surface area contributed by atoms with Crippen LogP contribution >= 0.6 is 0 Å². The van der Waals surface area contributed by atoms with Crippen molar-refractivity contribution in [3.05, 3.63) is 130 Å².